The first-order chi connectivity index (χ1) is 10.7. The fourth-order valence-corrected chi connectivity index (χ4v) is 3.30. The summed E-state index contributed by atoms with van der Waals surface area (Å²) in [6.07, 6.45) is -4.40. The van der Waals surface area contributed by atoms with Crippen LogP contribution in [0.15, 0.2) is 5.38 Å². The summed E-state index contributed by atoms with van der Waals surface area (Å²) in [6.45, 7) is 8.01. The largest absolute Gasteiger partial charge is 0.434 e. The summed E-state index contributed by atoms with van der Waals surface area (Å²) >= 11 is 1.00. The third-order valence-corrected chi connectivity index (χ3v) is 4.63. The van der Waals surface area contributed by atoms with Gasteiger partial charge in [0.05, 0.1) is 6.04 Å². The number of carbonyl (C=O) groups excluding carboxylic acids is 1. The number of aromatic nitrogens is 1. The first-order valence-corrected chi connectivity index (χ1v) is 8.38. The van der Waals surface area contributed by atoms with E-state index in [2.05, 4.69) is 10.3 Å². The van der Waals surface area contributed by atoms with Gasteiger partial charge >= 0.3 is 6.18 Å². The minimum atomic E-state index is -4.40. The number of anilines is 1. The van der Waals surface area contributed by atoms with Gasteiger partial charge in [-0.1, -0.05) is 0 Å². The van der Waals surface area contributed by atoms with Gasteiger partial charge < -0.3 is 10.2 Å². The van der Waals surface area contributed by atoms with Crippen molar-refractivity contribution in [2.75, 3.05) is 31.1 Å². The van der Waals surface area contributed by atoms with Crippen molar-refractivity contribution in [2.45, 2.75) is 39.0 Å². The molecular formula is C14H21F3N4OS. The molecule has 1 aliphatic heterocycles. The van der Waals surface area contributed by atoms with Crippen LogP contribution in [0.4, 0.5) is 18.3 Å². The monoisotopic (exact) mass is 350 g/mol. The molecule has 1 aromatic rings. The first-order valence-electron chi connectivity index (χ1n) is 7.50. The number of halogens is 3. The van der Waals surface area contributed by atoms with Crippen LogP contribution < -0.4 is 10.2 Å². The summed E-state index contributed by atoms with van der Waals surface area (Å²) in [7, 11) is 0. The smallest absolute Gasteiger partial charge is 0.353 e. The lowest BCUT2D eigenvalue weighted by Gasteiger charge is -2.37. The van der Waals surface area contributed by atoms with E-state index in [9.17, 15) is 18.0 Å². The summed E-state index contributed by atoms with van der Waals surface area (Å²) in [5.41, 5.74) is -0.843. The van der Waals surface area contributed by atoms with Crippen molar-refractivity contribution in [1.82, 2.24) is 15.2 Å². The minimum absolute atomic E-state index is 0.0259. The van der Waals surface area contributed by atoms with Gasteiger partial charge in [0.25, 0.3) is 0 Å². The Morgan fingerprint density at radius 2 is 1.87 bits per heavy atom. The molecule has 0 bridgehead atoms. The maximum Gasteiger partial charge on any atom is 0.434 e. The molecule has 1 aliphatic rings. The third-order valence-electron chi connectivity index (χ3n) is 3.73. The van der Waals surface area contributed by atoms with Crippen molar-refractivity contribution in [3.05, 3.63) is 11.1 Å². The Morgan fingerprint density at radius 3 is 2.35 bits per heavy atom. The van der Waals surface area contributed by atoms with Crippen molar-refractivity contribution >= 4 is 22.4 Å². The van der Waals surface area contributed by atoms with Crippen molar-refractivity contribution in [3.8, 4) is 0 Å². The molecule has 1 aromatic heterocycles. The second-order valence-corrected chi connectivity index (χ2v) is 6.71. The molecule has 2 rings (SSSR count). The van der Waals surface area contributed by atoms with Gasteiger partial charge in [-0.05, 0) is 20.8 Å². The summed E-state index contributed by atoms with van der Waals surface area (Å²) < 4.78 is 37.8. The van der Waals surface area contributed by atoms with Crippen molar-refractivity contribution in [3.63, 3.8) is 0 Å². The first kappa shape index (κ1) is 18.0. The second kappa shape index (κ2) is 7.04. The Kier molecular flexibility index (Phi) is 5.51. The van der Waals surface area contributed by atoms with Gasteiger partial charge in [0.1, 0.15) is 0 Å². The van der Waals surface area contributed by atoms with Crippen molar-refractivity contribution in [1.29, 1.82) is 0 Å². The number of amides is 1. The van der Waals surface area contributed by atoms with Gasteiger partial charge in [-0.2, -0.15) is 13.2 Å². The van der Waals surface area contributed by atoms with Crippen LogP contribution in [0.5, 0.6) is 0 Å². The fraction of sp³-hybridized carbons (Fsp3) is 0.714. The zero-order valence-electron chi connectivity index (χ0n) is 13.4. The maximum absolute atomic E-state index is 12.6. The summed E-state index contributed by atoms with van der Waals surface area (Å²) in [5, 5.41) is 4.30. The molecule has 1 saturated heterocycles. The molecule has 1 atom stereocenters. The van der Waals surface area contributed by atoms with Crippen LogP contribution in [0.25, 0.3) is 0 Å². The number of thiazole rings is 1. The van der Waals surface area contributed by atoms with Crippen LogP contribution in [0.1, 0.15) is 26.5 Å². The molecule has 1 fully saturated rings. The lowest BCUT2D eigenvalue weighted by molar-refractivity contribution is -0.140. The molecule has 1 amide bonds. The van der Waals surface area contributed by atoms with Crippen LogP contribution >= 0.6 is 11.3 Å². The predicted molar refractivity (Wildman–Crippen MR) is 83.6 cm³/mol. The van der Waals surface area contributed by atoms with Crippen molar-refractivity contribution in [2.24, 2.45) is 0 Å². The van der Waals surface area contributed by atoms with Crippen LogP contribution in [-0.2, 0) is 11.0 Å². The average molecular weight is 350 g/mol. The lowest BCUT2D eigenvalue weighted by atomic mass is 10.2. The van der Waals surface area contributed by atoms with Gasteiger partial charge in [-0.25, -0.2) is 4.98 Å². The number of nitrogens with zero attached hydrogens (tertiary/aromatic N) is 3. The van der Waals surface area contributed by atoms with Gasteiger partial charge in [0.2, 0.25) is 5.91 Å². The summed E-state index contributed by atoms with van der Waals surface area (Å²) in [5.74, 6) is -0.0259. The zero-order valence-corrected chi connectivity index (χ0v) is 14.2. The van der Waals surface area contributed by atoms with Gasteiger partial charge in [-0.15, -0.1) is 11.3 Å². The highest BCUT2D eigenvalue weighted by Crippen LogP contribution is 2.33. The summed E-state index contributed by atoms with van der Waals surface area (Å²) in [4.78, 5) is 19.6. The van der Waals surface area contributed by atoms with Gasteiger partial charge in [0, 0.05) is 37.6 Å². The SMILES string of the molecule is CC(C)NC(=O)C(C)N1CCN(c2nc(C(F)(F)F)cs2)CC1. The molecule has 0 saturated carbocycles. The maximum atomic E-state index is 12.6. The molecule has 1 N–H and O–H groups in total. The van der Waals surface area contributed by atoms with E-state index in [0.717, 1.165) is 16.7 Å². The van der Waals surface area contributed by atoms with E-state index in [1.54, 1.807) is 0 Å². The predicted octanol–water partition coefficient (Wildman–Crippen LogP) is 2.20. The number of nitrogens with one attached hydrogen (secondary N) is 1. The van der Waals surface area contributed by atoms with Crippen LogP contribution in [-0.4, -0.2) is 54.1 Å². The number of rotatable bonds is 4. The Morgan fingerprint density at radius 1 is 1.26 bits per heavy atom. The third kappa shape index (κ3) is 4.57. The van der Waals surface area contributed by atoms with Crippen LogP contribution in [0.3, 0.4) is 0 Å². The molecule has 1 unspecified atom stereocenters. The van der Waals surface area contributed by atoms with Gasteiger partial charge in [0.15, 0.2) is 10.8 Å². The molecule has 0 spiro atoms. The topological polar surface area (TPSA) is 48.5 Å². The Balaban J connectivity index is 1.91. The molecule has 0 aromatic carbocycles. The highest BCUT2D eigenvalue weighted by molar-refractivity contribution is 7.13. The standard InChI is InChI=1S/C14H21F3N4OS/c1-9(2)18-12(22)10(3)20-4-6-21(7-5-20)13-19-11(8-23-13)14(15,16)17/h8-10H,4-7H2,1-3H3,(H,18,22). The van der Waals surface area contributed by atoms with E-state index in [-0.39, 0.29) is 18.0 Å². The Labute approximate surface area is 137 Å². The molecule has 23 heavy (non-hydrogen) atoms. The van der Waals surface area contributed by atoms with Crippen LogP contribution in [0.2, 0.25) is 0 Å². The van der Waals surface area contributed by atoms with Gasteiger partial charge in [-0.3, -0.25) is 9.69 Å². The van der Waals surface area contributed by atoms with E-state index in [1.165, 1.54) is 0 Å². The number of hydrogen-bond acceptors (Lipinski definition) is 5. The van der Waals surface area contributed by atoms with E-state index >= 15 is 0 Å². The molecule has 0 radical (unpaired) electrons. The van der Waals surface area contributed by atoms with E-state index < -0.39 is 11.9 Å². The quantitative estimate of drug-likeness (QED) is 0.904. The molecular weight excluding hydrogens is 329 g/mol. The molecule has 130 valence electrons. The minimum Gasteiger partial charge on any atom is -0.353 e. The highest BCUT2D eigenvalue weighted by Gasteiger charge is 2.35. The molecule has 5 nitrogen and oxygen atoms in total. The lowest BCUT2D eigenvalue weighted by Crippen LogP contribution is -2.54. The second-order valence-electron chi connectivity index (χ2n) is 5.88. The fourth-order valence-electron chi connectivity index (χ4n) is 2.41. The number of alkyl halides is 3. The van der Waals surface area contributed by atoms with Crippen LogP contribution in [0, 0.1) is 0 Å². The Hall–Kier alpha value is -1.35. The number of piperazine rings is 1. The molecule has 9 heteroatoms. The number of hydrogen-bond donors (Lipinski definition) is 1. The molecule has 0 aliphatic carbocycles. The van der Waals surface area contributed by atoms with E-state index in [0.29, 0.717) is 31.3 Å². The van der Waals surface area contributed by atoms with E-state index in [4.69, 9.17) is 0 Å². The zero-order chi connectivity index (χ0) is 17.2. The van der Waals surface area contributed by atoms with Crippen molar-refractivity contribution < 1.29 is 18.0 Å². The average Bonchev–Trinajstić information content (AvgIpc) is 2.96. The van der Waals surface area contributed by atoms with E-state index in [1.807, 2.05) is 30.6 Å². The highest BCUT2D eigenvalue weighted by atomic mass is 32.1. The summed E-state index contributed by atoms with van der Waals surface area (Å²) in [6, 6.07) is -0.163. The molecule has 2 heterocycles. The number of carbonyl (C=O) groups is 1. The normalized spacial score (nSPS) is 18.3. The Bertz CT molecular complexity index is 538.